The zero-order valence-corrected chi connectivity index (χ0v) is 13.5. The van der Waals surface area contributed by atoms with E-state index in [0.717, 1.165) is 41.6 Å². The van der Waals surface area contributed by atoms with Crippen LogP contribution in [0.25, 0.3) is 11.4 Å². The lowest BCUT2D eigenvalue weighted by Gasteiger charge is -2.32. The van der Waals surface area contributed by atoms with Crippen LogP contribution in [0, 0.1) is 19.8 Å². The average Bonchev–Trinajstić information content (AvgIpc) is 2.58. The SMILES string of the molecule is Cc1nc(-c2ccccc2)nc(N2CCC(C(=O)O)CC2)c1C. The molecular formula is C18H21N3O2. The minimum atomic E-state index is -0.690. The first kappa shape index (κ1) is 15.5. The van der Waals surface area contributed by atoms with Gasteiger partial charge in [-0.3, -0.25) is 4.79 Å². The predicted molar refractivity (Wildman–Crippen MR) is 89.5 cm³/mol. The van der Waals surface area contributed by atoms with E-state index >= 15 is 0 Å². The highest BCUT2D eigenvalue weighted by molar-refractivity contribution is 5.70. The summed E-state index contributed by atoms with van der Waals surface area (Å²) in [6, 6.07) is 9.94. The molecule has 1 aromatic carbocycles. The number of aliphatic carboxylic acids is 1. The molecule has 0 unspecified atom stereocenters. The third-order valence-corrected chi connectivity index (χ3v) is 4.54. The number of carbonyl (C=O) groups is 1. The first-order valence-corrected chi connectivity index (χ1v) is 7.94. The van der Waals surface area contributed by atoms with Gasteiger partial charge in [0.1, 0.15) is 5.82 Å². The van der Waals surface area contributed by atoms with Crippen LogP contribution in [0.4, 0.5) is 5.82 Å². The van der Waals surface area contributed by atoms with Crippen molar-refractivity contribution >= 4 is 11.8 Å². The van der Waals surface area contributed by atoms with E-state index in [1.165, 1.54) is 0 Å². The Morgan fingerprint density at radius 2 is 1.78 bits per heavy atom. The van der Waals surface area contributed by atoms with E-state index in [0.29, 0.717) is 12.8 Å². The van der Waals surface area contributed by atoms with Gasteiger partial charge in [0.2, 0.25) is 0 Å². The normalized spacial score (nSPS) is 15.7. The molecule has 0 saturated carbocycles. The molecule has 1 aromatic heterocycles. The fourth-order valence-corrected chi connectivity index (χ4v) is 2.98. The summed E-state index contributed by atoms with van der Waals surface area (Å²) in [6.07, 6.45) is 1.33. The predicted octanol–water partition coefficient (Wildman–Crippen LogP) is 3.06. The number of hydrogen-bond acceptors (Lipinski definition) is 4. The standard InChI is InChI=1S/C18H21N3O2/c1-12-13(2)19-16(14-6-4-3-5-7-14)20-17(12)21-10-8-15(9-11-21)18(22)23/h3-7,15H,8-11H2,1-2H3,(H,22,23). The third-order valence-electron chi connectivity index (χ3n) is 4.54. The molecule has 1 aliphatic rings. The van der Waals surface area contributed by atoms with Crippen molar-refractivity contribution in [2.75, 3.05) is 18.0 Å². The summed E-state index contributed by atoms with van der Waals surface area (Å²) in [5.41, 5.74) is 3.03. The molecule has 5 heteroatoms. The second kappa shape index (κ2) is 6.36. The maximum absolute atomic E-state index is 11.1. The number of nitrogens with zero attached hydrogens (tertiary/aromatic N) is 3. The van der Waals surface area contributed by atoms with Gasteiger partial charge >= 0.3 is 5.97 Å². The smallest absolute Gasteiger partial charge is 0.306 e. The number of rotatable bonds is 3. The minimum absolute atomic E-state index is 0.233. The van der Waals surface area contributed by atoms with Gasteiger partial charge in [-0.15, -0.1) is 0 Å². The summed E-state index contributed by atoms with van der Waals surface area (Å²) >= 11 is 0. The Kier molecular flexibility index (Phi) is 4.28. The molecule has 0 radical (unpaired) electrons. The molecule has 2 heterocycles. The highest BCUT2D eigenvalue weighted by atomic mass is 16.4. The van der Waals surface area contributed by atoms with Gasteiger partial charge in [-0.2, -0.15) is 0 Å². The first-order valence-electron chi connectivity index (χ1n) is 7.94. The molecule has 3 rings (SSSR count). The highest BCUT2D eigenvalue weighted by Gasteiger charge is 2.26. The van der Waals surface area contributed by atoms with E-state index in [1.807, 2.05) is 44.2 Å². The second-order valence-electron chi connectivity index (χ2n) is 6.05. The number of carboxylic acid groups (broad SMARTS) is 1. The van der Waals surface area contributed by atoms with Crippen LogP contribution >= 0.6 is 0 Å². The molecule has 0 aliphatic carbocycles. The van der Waals surface area contributed by atoms with Crippen LogP contribution in [0.3, 0.4) is 0 Å². The van der Waals surface area contributed by atoms with Crippen LogP contribution in [-0.2, 0) is 4.79 Å². The number of aromatic nitrogens is 2. The molecule has 0 amide bonds. The van der Waals surface area contributed by atoms with E-state index in [4.69, 9.17) is 10.1 Å². The molecule has 1 fully saturated rings. The van der Waals surface area contributed by atoms with E-state index in [9.17, 15) is 4.79 Å². The zero-order chi connectivity index (χ0) is 16.4. The molecule has 5 nitrogen and oxygen atoms in total. The topological polar surface area (TPSA) is 66.3 Å². The Hall–Kier alpha value is -2.43. The molecule has 120 valence electrons. The fourth-order valence-electron chi connectivity index (χ4n) is 2.98. The Bertz CT molecular complexity index is 708. The molecule has 1 saturated heterocycles. The average molecular weight is 311 g/mol. The number of piperidine rings is 1. The Balaban J connectivity index is 1.91. The summed E-state index contributed by atoms with van der Waals surface area (Å²) in [5, 5.41) is 9.14. The van der Waals surface area contributed by atoms with Crippen molar-refractivity contribution in [3.8, 4) is 11.4 Å². The number of hydrogen-bond donors (Lipinski definition) is 1. The van der Waals surface area contributed by atoms with Gasteiger partial charge in [0.05, 0.1) is 5.92 Å². The Morgan fingerprint density at radius 1 is 1.13 bits per heavy atom. The highest BCUT2D eigenvalue weighted by Crippen LogP contribution is 2.28. The van der Waals surface area contributed by atoms with E-state index in [1.54, 1.807) is 0 Å². The molecule has 0 bridgehead atoms. The maximum Gasteiger partial charge on any atom is 0.306 e. The molecular weight excluding hydrogens is 290 g/mol. The van der Waals surface area contributed by atoms with Gasteiger partial charge in [-0.05, 0) is 26.7 Å². The molecule has 2 aromatic rings. The lowest BCUT2D eigenvalue weighted by atomic mass is 9.97. The number of anilines is 1. The van der Waals surface area contributed by atoms with Crippen LogP contribution in [0.15, 0.2) is 30.3 Å². The summed E-state index contributed by atoms with van der Waals surface area (Å²) in [5.74, 6) is 0.734. The van der Waals surface area contributed by atoms with Crippen molar-refractivity contribution in [1.29, 1.82) is 0 Å². The molecule has 0 atom stereocenters. The van der Waals surface area contributed by atoms with E-state index < -0.39 is 5.97 Å². The number of carboxylic acids is 1. The Morgan fingerprint density at radius 3 is 2.39 bits per heavy atom. The molecule has 0 spiro atoms. The van der Waals surface area contributed by atoms with Crippen molar-refractivity contribution in [2.24, 2.45) is 5.92 Å². The fraction of sp³-hybridized carbons (Fsp3) is 0.389. The maximum atomic E-state index is 11.1. The number of benzene rings is 1. The number of aryl methyl sites for hydroxylation is 1. The van der Waals surface area contributed by atoms with E-state index in [2.05, 4.69) is 9.88 Å². The Labute approximate surface area is 136 Å². The van der Waals surface area contributed by atoms with Gasteiger partial charge in [0.25, 0.3) is 0 Å². The molecule has 23 heavy (non-hydrogen) atoms. The zero-order valence-electron chi connectivity index (χ0n) is 13.5. The van der Waals surface area contributed by atoms with Crippen molar-refractivity contribution in [3.63, 3.8) is 0 Å². The largest absolute Gasteiger partial charge is 0.481 e. The second-order valence-corrected chi connectivity index (χ2v) is 6.05. The first-order chi connectivity index (χ1) is 11.1. The van der Waals surface area contributed by atoms with Gasteiger partial charge in [0.15, 0.2) is 5.82 Å². The van der Waals surface area contributed by atoms with Gasteiger partial charge in [-0.25, -0.2) is 9.97 Å². The summed E-state index contributed by atoms with van der Waals surface area (Å²) < 4.78 is 0. The molecule has 1 aliphatic heterocycles. The van der Waals surface area contributed by atoms with Crippen molar-refractivity contribution in [2.45, 2.75) is 26.7 Å². The van der Waals surface area contributed by atoms with Crippen molar-refractivity contribution in [1.82, 2.24) is 9.97 Å². The van der Waals surface area contributed by atoms with E-state index in [-0.39, 0.29) is 5.92 Å². The lowest BCUT2D eigenvalue weighted by molar-refractivity contribution is -0.142. The van der Waals surface area contributed by atoms with Crippen LogP contribution in [-0.4, -0.2) is 34.1 Å². The van der Waals surface area contributed by atoms with Gasteiger partial charge in [-0.1, -0.05) is 30.3 Å². The van der Waals surface area contributed by atoms with Crippen molar-refractivity contribution in [3.05, 3.63) is 41.6 Å². The van der Waals surface area contributed by atoms with Crippen LogP contribution < -0.4 is 4.90 Å². The van der Waals surface area contributed by atoms with Crippen LogP contribution in [0.5, 0.6) is 0 Å². The van der Waals surface area contributed by atoms with Gasteiger partial charge < -0.3 is 10.0 Å². The van der Waals surface area contributed by atoms with Crippen LogP contribution in [0.2, 0.25) is 0 Å². The van der Waals surface area contributed by atoms with Crippen LogP contribution in [0.1, 0.15) is 24.1 Å². The quantitative estimate of drug-likeness (QED) is 0.943. The lowest BCUT2D eigenvalue weighted by Crippen LogP contribution is -2.37. The van der Waals surface area contributed by atoms with Crippen molar-refractivity contribution < 1.29 is 9.90 Å². The summed E-state index contributed by atoms with van der Waals surface area (Å²) in [4.78, 5) is 22.7. The van der Waals surface area contributed by atoms with Gasteiger partial charge in [0, 0.05) is 29.9 Å². The molecule has 1 N–H and O–H groups in total. The third kappa shape index (κ3) is 3.18. The summed E-state index contributed by atoms with van der Waals surface area (Å²) in [7, 11) is 0. The minimum Gasteiger partial charge on any atom is -0.481 e. The summed E-state index contributed by atoms with van der Waals surface area (Å²) in [6.45, 7) is 5.48. The monoisotopic (exact) mass is 311 g/mol.